The molecule has 3 aromatic carbocycles. The van der Waals surface area contributed by atoms with Crippen LogP contribution in [0, 0.1) is 10.1 Å². The molecule has 5 N–H and O–H groups in total. The van der Waals surface area contributed by atoms with Gasteiger partial charge < -0.3 is 30.5 Å². The van der Waals surface area contributed by atoms with Crippen molar-refractivity contribution in [2.24, 2.45) is 0 Å². The van der Waals surface area contributed by atoms with Gasteiger partial charge in [-0.15, -0.1) is 0 Å². The summed E-state index contributed by atoms with van der Waals surface area (Å²) in [4.78, 5) is 49.1. The number of para-hydroxylation sites is 1. The summed E-state index contributed by atoms with van der Waals surface area (Å²) in [5.41, 5.74) is -3.01. The van der Waals surface area contributed by atoms with Crippen molar-refractivity contribution in [1.29, 1.82) is 0 Å². The average molecular weight is 534 g/mol. The fourth-order valence-electron chi connectivity index (χ4n) is 5.15. The number of aliphatic hydroxyl groups excluding tert-OH is 1. The topological polar surface area (TPSA) is 197 Å². The highest BCUT2D eigenvalue weighted by Gasteiger charge is 2.45. The van der Waals surface area contributed by atoms with E-state index in [2.05, 4.69) is 5.32 Å². The van der Waals surface area contributed by atoms with E-state index in [0.29, 0.717) is 0 Å². The Morgan fingerprint density at radius 2 is 1.62 bits per heavy atom. The van der Waals surface area contributed by atoms with Crippen LogP contribution in [0.15, 0.2) is 48.5 Å². The molecule has 200 valence electrons. The third-order valence-corrected chi connectivity index (χ3v) is 6.96. The Balaban J connectivity index is 1.37. The van der Waals surface area contributed by atoms with Crippen LogP contribution in [0.25, 0.3) is 0 Å². The number of carbonyl (C=O) groups is 3. The highest BCUT2D eigenvalue weighted by atomic mass is 16.6. The second-order valence-electron chi connectivity index (χ2n) is 9.48. The zero-order chi connectivity index (χ0) is 28.1. The number of fused-ring (bicyclic) bond motifs is 3. The summed E-state index contributed by atoms with van der Waals surface area (Å²) >= 11 is 0. The Kier molecular flexibility index (Phi) is 6.29. The second kappa shape index (κ2) is 9.49. The minimum atomic E-state index is -1.92. The number of hydrogen-bond acceptors (Lipinski definition) is 10. The van der Waals surface area contributed by atoms with Crippen molar-refractivity contribution >= 4 is 23.3 Å². The van der Waals surface area contributed by atoms with E-state index >= 15 is 0 Å². The van der Waals surface area contributed by atoms with Crippen LogP contribution in [-0.4, -0.2) is 55.2 Å². The first kappa shape index (κ1) is 25.8. The normalized spacial score (nSPS) is 19.5. The summed E-state index contributed by atoms with van der Waals surface area (Å²) in [5.74, 6) is -2.72. The molecular weight excluding hydrogens is 512 g/mol. The van der Waals surface area contributed by atoms with Gasteiger partial charge in [0.15, 0.2) is 11.6 Å². The van der Waals surface area contributed by atoms with Crippen LogP contribution >= 0.6 is 0 Å². The number of carbonyl (C=O) groups excluding carboxylic acids is 3. The van der Waals surface area contributed by atoms with Gasteiger partial charge in [-0.2, -0.15) is 0 Å². The van der Waals surface area contributed by atoms with Crippen molar-refractivity contribution in [3.05, 3.63) is 97.6 Å². The van der Waals surface area contributed by atoms with Gasteiger partial charge in [-0.1, -0.05) is 42.5 Å². The van der Waals surface area contributed by atoms with Gasteiger partial charge in [0.1, 0.15) is 23.7 Å². The number of rotatable bonds is 5. The summed E-state index contributed by atoms with van der Waals surface area (Å²) in [6, 6.07) is 11.7. The fraction of sp³-hybridized carbons (Fsp3) is 0.222. The fourth-order valence-corrected chi connectivity index (χ4v) is 5.15. The lowest BCUT2D eigenvalue weighted by atomic mass is 9.73. The number of ether oxygens (including phenoxy) is 1. The molecule has 5 rings (SSSR count). The average Bonchev–Trinajstić information content (AvgIpc) is 2.91. The molecule has 0 bridgehead atoms. The summed E-state index contributed by atoms with van der Waals surface area (Å²) in [7, 11) is 0. The highest BCUT2D eigenvalue weighted by Crippen LogP contribution is 2.50. The molecule has 0 saturated heterocycles. The van der Waals surface area contributed by atoms with Crippen molar-refractivity contribution < 1.29 is 44.5 Å². The molecule has 0 radical (unpaired) electrons. The Morgan fingerprint density at radius 1 is 1.03 bits per heavy atom. The smallest absolute Gasteiger partial charge is 0.407 e. The van der Waals surface area contributed by atoms with E-state index in [1.807, 2.05) is 0 Å². The van der Waals surface area contributed by atoms with E-state index in [-0.39, 0.29) is 40.0 Å². The van der Waals surface area contributed by atoms with E-state index in [1.165, 1.54) is 30.3 Å². The molecule has 2 atom stereocenters. The monoisotopic (exact) mass is 534 g/mol. The van der Waals surface area contributed by atoms with Gasteiger partial charge in [0, 0.05) is 46.7 Å². The zero-order valence-corrected chi connectivity index (χ0v) is 20.2. The van der Waals surface area contributed by atoms with Crippen molar-refractivity contribution in [1.82, 2.24) is 5.32 Å². The Hall–Kier alpha value is -4.81. The molecular formula is C27H22N2O10. The first-order valence-corrected chi connectivity index (χ1v) is 11.8. The number of phenolic OH excluding ortho intramolecular Hbond substituents is 2. The molecule has 12 heteroatoms. The van der Waals surface area contributed by atoms with E-state index in [0.717, 1.165) is 0 Å². The molecule has 0 heterocycles. The van der Waals surface area contributed by atoms with E-state index in [4.69, 9.17) is 4.74 Å². The molecule has 12 nitrogen and oxygen atoms in total. The van der Waals surface area contributed by atoms with E-state index in [9.17, 15) is 44.9 Å². The third kappa shape index (κ3) is 4.35. The molecule has 0 fully saturated rings. The minimum Gasteiger partial charge on any atom is -0.507 e. The number of nitro benzene ring substituents is 1. The predicted octanol–water partition coefficient (Wildman–Crippen LogP) is 2.42. The van der Waals surface area contributed by atoms with E-state index < -0.39 is 76.4 Å². The van der Waals surface area contributed by atoms with Gasteiger partial charge >= 0.3 is 6.09 Å². The largest absolute Gasteiger partial charge is 0.507 e. The lowest BCUT2D eigenvalue weighted by Crippen LogP contribution is -2.44. The summed E-state index contributed by atoms with van der Waals surface area (Å²) < 4.78 is 5.09. The number of amides is 1. The van der Waals surface area contributed by atoms with E-state index in [1.54, 1.807) is 18.2 Å². The first-order chi connectivity index (χ1) is 18.5. The van der Waals surface area contributed by atoms with Gasteiger partial charge in [-0.3, -0.25) is 19.7 Å². The molecule has 3 aromatic rings. The van der Waals surface area contributed by atoms with Crippen LogP contribution in [0.4, 0.5) is 10.5 Å². The van der Waals surface area contributed by atoms with Gasteiger partial charge in [-0.25, -0.2) is 4.79 Å². The molecule has 2 aliphatic carbocycles. The van der Waals surface area contributed by atoms with Crippen LogP contribution in [0.1, 0.15) is 61.1 Å². The van der Waals surface area contributed by atoms with Crippen molar-refractivity contribution in [2.45, 2.75) is 31.1 Å². The SMILES string of the molecule is O=C(NCc1ccccc1[N+](=O)[O-])OCC1(O)Cc2c(O)c3c(c(O)c2[C@@H](O)C1)C(=O)c1ccccc1C3=O. The first-order valence-electron chi connectivity index (χ1n) is 11.8. The number of benzene rings is 3. The number of hydrogen-bond donors (Lipinski definition) is 5. The number of phenols is 2. The number of nitrogens with one attached hydrogen (secondary N) is 1. The van der Waals surface area contributed by atoms with Crippen LogP contribution in [-0.2, 0) is 17.7 Å². The van der Waals surface area contributed by atoms with Crippen LogP contribution in [0.5, 0.6) is 11.5 Å². The molecule has 2 aliphatic rings. The summed E-state index contributed by atoms with van der Waals surface area (Å²) in [6.45, 7) is -0.877. The number of aromatic hydroxyl groups is 2. The van der Waals surface area contributed by atoms with Crippen molar-refractivity contribution in [3.63, 3.8) is 0 Å². The maximum atomic E-state index is 13.2. The lowest BCUT2D eigenvalue weighted by Gasteiger charge is -2.37. The van der Waals surface area contributed by atoms with Crippen LogP contribution < -0.4 is 5.32 Å². The third-order valence-electron chi connectivity index (χ3n) is 6.96. The quantitative estimate of drug-likeness (QED) is 0.144. The maximum Gasteiger partial charge on any atom is 0.407 e. The van der Waals surface area contributed by atoms with Crippen molar-refractivity contribution in [3.8, 4) is 11.5 Å². The van der Waals surface area contributed by atoms with Crippen molar-refractivity contribution in [2.75, 3.05) is 6.61 Å². The molecule has 39 heavy (non-hydrogen) atoms. The standard InChI is InChI=1S/C27H22N2O10/c30-18-10-27(36,12-39-26(35)28-11-13-5-1-4-8-17(13)29(37)38)9-16-19(18)25(34)21-20(24(16)33)22(31)14-6-2-3-7-15(14)23(21)32/h1-8,18,30,33-34,36H,9-12H2,(H,28,35)/t18-,27?/m0/s1. The number of alkyl carbamates (subject to hydrolysis) is 1. The lowest BCUT2D eigenvalue weighted by molar-refractivity contribution is -0.385. The molecule has 0 saturated carbocycles. The zero-order valence-electron chi connectivity index (χ0n) is 20.2. The number of ketones is 2. The molecule has 0 aromatic heterocycles. The molecule has 1 amide bonds. The van der Waals surface area contributed by atoms with Crippen LogP contribution in [0.3, 0.4) is 0 Å². The van der Waals surface area contributed by atoms with Crippen LogP contribution in [0.2, 0.25) is 0 Å². The minimum absolute atomic E-state index is 0.0370. The van der Waals surface area contributed by atoms with Gasteiger partial charge in [-0.05, 0) is 0 Å². The second-order valence-corrected chi connectivity index (χ2v) is 9.48. The maximum absolute atomic E-state index is 13.2. The summed E-state index contributed by atoms with van der Waals surface area (Å²) in [5, 5.41) is 57.4. The number of aliphatic hydroxyl groups is 2. The Morgan fingerprint density at radius 3 is 2.26 bits per heavy atom. The highest BCUT2D eigenvalue weighted by molar-refractivity contribution is 6.30. The van der Waals surface area contributed by atoms with Gasteiger partial charge in [0.25, 0.3) is 5.69 Å². The Bertz CT molecular complexity index is 1570. The Labute approximate surface area is 220 Å². The molecule has 1 unspecified atom stereocenters. The molecule has 0 spiro atoms. The number of nitrogens with zero attached hydrogens (tertiary/aromatic N) is 1. The summed E-state index contributed by atoms with van der Waals surface area (Å²) in [6.07, 6.45) is -3.43. The van der Waals surface area contributed by atoms with Gasteiger partial charge in [0.2, 0.25) is 0 Å². The number of nitro groups is 1. The predicted molar refractivity (Wildman–Crippen MR) is 133 cm³/mol. The van der Waals surface area contributed by atoms with Gasteiger partial charge in [0.05, 0.1) is 28.7 Å². The molecule has 0 aliphatic heterocycles.